The highest BCUT2D eigenvalue weighted by Crippen LogP contribution is 2.14. The molecule has 2 aliphatic rings. The fourth-order valence-electron chi connectivity index (χ4n) is 3.38. The second-order valence-electron chi connectivity index (χ2n) is 6.62. The Balaban J connectivity index is 0.00000242. The van der Waals surface area contributed by atoms with Gasteiger partial charge in [0.1, 0.15) is 0 Å². The minimum Gasteiger partial charge on any atom is -0.373 e. The number of ether oxygens (including phenoxy) is 1. The SMILES string of the molecule is CC1CN(CCCNC(=O)CCC2CCNC2)CC(C)O1.Cl.Cl. The van der Waals surface area contributed by atoms with Gasteiger partial charge in [0.25, 0.3) is 0 Å². The number of nitrogens with one attached hydrogen (secondary N) is 2. The number of carbonyl (C=O) groups excluding carboxylic acids is 1. The van der Waals surface area contributed by atoms with Gasteiger partial charge in [-0.05, 0) is 52.1 Å². The molecule has 138 valence electrons. The van der Waals surface area contributed by atoms with Crippen molar-refractivity contribution in [2.75, 3.05) is 39.3 Å². The first-order valence-corrected chi connectivity index (χ1v) is 8.48. The van der Waals surface area contributed by atoms with E-state index in [0.717, 1.165) is 52.1 Å². The van der Waals surface area contributed by atoms with E-state index in [1.807, 2.05) is 0 Å². The minimum atomic E-state index is 0. The fraction of sp³-hybridized carbons (Fsp3) is 0.938. The molecule has 2 fully saturated rings. The van der Waals surface area contributed by atoms with Crippen LogP contribution in [-0.2, 0) is 9.53 Å². The van der Waals surface area contributed by atoms with Crippen LogP contribution in [0.4, 0.5) is 0 Å². The van der Waals surface area contributed by atoms with Crippen molar-refractivity contribution in [1.29, 1.82) is 0 Å². The molecule has 0 aliphatic carbocycles. The maximum Gasteiger partial charge on any atom is 0.220 e. The van der Waals surface area contributed by atoms with Crippen molar-refractivity contribution in [3.63, 3.8) is 0 Å². The van der Waals surface area contributed by atoms with Crippen molar-refractivity contribution in [3.05, 3.63) is 0 Å². The van der Waals surface area contributed by atoms with Crippen molar-refractivity contribution < 1.29 is 9.53 Å². The maximum absolute atomic E-state index is 11.8. The molecule has 0 aromatic rings. The normalized spacial score (nSPS) is 27.8. The van der Waals surface area contributed by atoms with E-state index in [1.165, 1.54) is 6.42 Å². The third-order valence-corrected chi connectivity index (χ3v) is 4.41. The van der Waals surface area contributed by atoms with Gasteiger partial charge in [0, 0.05) is 32.6 Å². The van der Waals surface area contributed by atoms with Crippen LogP contribution in [0.5, 0.6) is 0 Å². The third kappa shape index (κ3) is 9.11. The Hall–Kier alpha value is -0.0700. The topological polar surface area (TPSA) is 53.6 Å². The van der Waals surface area contributed by atoms with Crippen LogP contribution >= 0.6 is 24.8 Å². The lowest BCUT2D eigenvalue weighted by atomic mass is 10.0. The summed E-state index contributed by atoms with van der Waals surface area (Å²) in [4.78, 5) is 14.2. The molecule has 3 unspecified atom stereocenters. The molecule has 1 amide bonds. The molecule has 0 saturated carbocycles. The number of carbonyl (C=O) groups is 1. The number of amides is 1. The van der Waals surface area contributed by atoms with Crippen LogP contribution in [0.2, 0.25) is 0 Å². The van der Waals surface area contributed by atoms with Gasteiger partial charge in [0.05, 0.1) is 12.2 Å². The molecule has 0 bridgehead atoms. The van der Waals surface area contributed by atoms with Gasteiger partial charge in [0.2, 0.25) is 5.91 Å². The molecular formula is C16H33Cl2N3O2. The molecule has 3 atom stereocenters. The Kier molecular flexibility index (Phi) is 12.3. The van der Waals surface area contributed by atoms with Crippen molar-refractivity contribution in [1.82, 2.24) is 15.5 Å². The van der Waals surface area contributed by atoms with E-state index in [1.54, 1.807) is 0 Å². The summed E-state index contributed by atoms with van der Waals surface area (Å²) < 4.78 is 5.73. The number of halogens is 2. The van der Waals surface area contributed by atoms with Gasteiger partial charge >= 0.3 is 0 Å². The summed E-state index contributed by atoms with van der Waals surface area (Å²) in [6, 6.07) is 0. The zero-order chi connectivity index (χ0) is 15.1. The van der Waals surface area contributed by atoms with E-state index < -0.39 is 0 Å². The molecule has 2 rings (SSSR count). The highest BCUT2D eigenvalue weighted by molar-refractivity contribution is 5.85. The predicted octanol–water partition coefficient (Wildman–Crippen LogP) is 1.84. The lowest BCUT2D eigenvalue weighted by Gasteiger charge is -2.35. The van der Waals surface area contributed by atoms with E-state index in [4.69, 9.17) is 4.74 Å². The zero-order valence-electron chi connectivity index (χ0n) is 14.4. The highest BCUT2D eigenvalue weighted by Gasteiger charge is 2.21. The van der Waals surface area contributed by atoms with Crippen molar-refractivity contribution in [2.45, 2.75) is 51.7 Å². The van der Waals surface area contributed by atoms with E-state index >= 15 is 0 Å². The molecule has 0 spiro atoms. The first-order chi connectivity index (χ1) is 10.1. The summed E-state index contributed by atoms with van der Waals surface area (Å²) in [6.45, 7) is 10.3. The number of hydrogen-bond donors (Lipinski definition) is 2. The summed E-state index contributed by atoms with van der Waals surface area (Å²) in [5.74, 6) is 0.915. The molecule has 0 radical (unpaired) electrons. The summed E-state index contributed by atoms with van der Waals surface area (Å²) >= 11 is 0. The largest absolute Gasteiger partial charge is 0.373 e. The molecule has 2 aliphatic heterocycles. The molecule has 0 aromatic carbocycles. The van der Waals surface area contributed by atoms with Crippen molar-refractivity contribution in [2.24, 2.45) is 5.92 Å². The number of rotatable bonds is 7. The zero-order valence-corrected chi connectivity index (χ0v) is 16.0. The fourth-order valence-corrected chi connectivity index (χ4v) is 3.38. The van der Waals surface area contributed by atoms with Gasteiger partial charge in [-0.15, -0.1) is 24.8 Å². The van der Waals surface area contributed by atoms with E-state index in [-0.39, 0.29) is 30.7 Å². The van der Waals surface area contributed by atoms with Gasteiger partial charge in [-0.2, -0.15) is 0 Å². The Morgan fingerprint density at radius 3 is 2.57 bits per heavy atom. The van der Waals surface area contributed by atoms with Gasteiger partial charge in [-0.1, -0.05) is 0 Å². The van der Waals surface area contributed by atoms with Crippen LogP contribution in [-0.4, -0.2) is 62.3 Å². The number of hydrogen-bond acceptors (Lipinski definition) is 4. The highest BCUT2D eigenvalue weighted by atomic mass is 35.5. The van der Waals surface area contributed by atoms with Crippen molar-refractivity contribution in [3.8, 4) is 0 Å². The van der Waals surface area contributed by atoms with Gasteiger partial charge in [0.15, 0.2) is 0 Å². The van der Waals surface area contributed by atoms with Gasteiger partial charge in [-0.3, -0.25) is 9.69 Å². The molecule has 2 heterocycles. The summed E-state index contributed by atoms with van der Waals surface area (Å²) in [5.41, 5.74) is 0. The number of nitrogens with zero attached hydrogens (tertiary/aromatic N) is 1. The Morgan fingerprint density at radius 1 is 1.26 bits per heavy atom. The summed E-state index contributed by atoms with van der Waals surface area (Å²) in [5, 5.41) is 6.40. The molecule has 7 heteroatoms. The lowest BCUT2D eigenvalue weighted by Crippen LogP contribution is -2.46. The quantitative estimate of drug-likeness (QED) is 0.672. The van der Waals surface area contributed by atoms with E-state index in [9.17, 15) is 4.79 Å². The molecule has 2 saturated heterocycles. The average molecular weight is 370 g/mol. The predicted molar refractivity (Wildman–Crippen MR) is 98.8 cm³/mol. The third-order valence-electron chi connectivity index (χ3n) is 4.41. The molecule has 23 heavy (non-hydrogen) atoms. The monoisotopic (exact) mass is 369 g/mol. The molecule has 2 N–H and O–H groups in total. The van der Waals surface area contributed by atoms with Crippen molar-refractivity contribution >= 4 is 30.7 Å². The number of morpholine rings is 1. The maximum atomic E-state index is 11.8. The van der Waals surface area contributed by atoms with Crippen LogP contribution in [0.3, 0.4) is 0 Å². The Labute approximate surface area is 153 Å². The summed E-state index contributed by atoms with van der Waals surface area (Å²) in [7, 11) is 0. The van der Waals surface area contributed by atoms with Crippen LogP contribution in [0.15, 0.2) is 0 Å². The van der Waals surface area contributed by atoms with Gasteiger partial charge in [-0.25, -0.2) is 0 Å². The second-order valence-corrected chi connectivity index (χ2v) is 6.62. The molecule has 5 nitrogen and oxygen atoms in total. The van der Waals surface area contributed by atoms with E-state index in [0.29, 0.717) is 24.5 Å². The van der Waals surface area contributed by atoms with Crippen LogP contribution < -0.4 is 10.6 Å². The van der Waals surface area contributed by atoms with Gasteiger partial charge < -0.3 is 15.4 Å². The summed E-state index contributed by atoms with van der Waals surface area (Å²) in [6.07, 6.45) is 4.60. The first-order valence-electron chi connectivity index (χ1n) is 8.48. The minimum absolute atomic E-state index is 0. The van der Waals surface area contributed by atoms with Crippen LogP contribution in [0.1, 0.15) is 39.5 Å². The molecule has 0 aromatic heterocycles. The first kappa shape index (κ1) is 22.9. The standard InChI is InChI=1S/C16H31N3O2.2ClH/c1-13-11-19(12-14(2)21-13)9-3-7-18-16(20)5-4-15-6-8-17-10-15;;/h13-15,17H,3-12H2,1-2H3,(H,18,20);2*1H. The average Bonchev–Trinajstić information content (AvgIpc) is 2.93. The second kappa shape index (κ2) is 12.3. The van der Waals surface area contributed by atoms with E-state index in [2.05, 4.69) is 29.4 Å². The van der Waals surface area contributed by atoms with Crippen LogP contribution in [0.25, 0.3) is 0 Å². The Morgan fingerprint density at radius 2 is 1.96 bits per heavy atom. The Bertz CT molecular complexity index is 318. The smallest absolute Gasteiger partial charge is 0.220 e. The lowest BCUT2D eigenvalue weighted by molar-refractivity contribution is -0.121. The molecular weight excluding hydrogens is 337 g/mol. The van der Waals surface area contributed by atoms with Crippen LogP contribution in [0, 0.1) is 5.92 Å².